The number of primary sulfonamides is 1. The number of sulfonamides is 1. The SMILES string of the molecule is Cc1nc(S(N)(=O)=O)cn1CCOCC(F)(F)F. The van der Waals surface area contributed by atoms with E-state index in [9.17, 15) is 21.6 Å². The van der Waals surface area contributed by atoms with Crippen LogP contribution in [0.3, 0.4) is 0 Å². The molecule has 10 heteroatoms. The molecule has 1 aromatic rings. The van der Waals surface area contributed by atoms with Crippen molar-refractivity contribution in [1.82, 2.24) is 9.55 Å². The van der Waals surface area contributed by atoms with Crippen LogP contribution < -0.4 is 5.14 Å². The summed E-state index contributed by atoms with van der Waals surface area (Å²) in [6.45, 7) is 0.0203. The Morgan fingerprint density at radius 3 is 2.56 bits per heavy atom. The molecule has 0 bridgehead atoms. The van der Waals surface area contributed by atoms with Gasteiger partial charge in [0.25, 0.3) is 10.0 Å². The number of ether oxygens (including phenoxy) is 1. The summed E-state index contributed by atoms with van der Waals surface area (Å²) in [5, 5.41) is 4.54. The highest BCUT2D eigenvalue weighted by molar-refractivity contribution is 7.89. The van der Waals surface area contributed by atoms with Crippen LogP contribution in [0.5, 0.6) is 0 Å². The van der Waals surface area contributed by atoms with Crippen molar-refractivity contribution in [2.45, 2.75) is 24.7 Å². The lowest BCUT2D eigenvalue weighted by molar-refractivity contribution is -0.174. The second-order valence-electron chi connectivity index (χ2n) is 3.53. The van der Waals surface area contributed by atoms with E-state index in [-0.39, 0.29) is 18.2 Å². The maximum absolute atomic E-state index is 11.8. The Morgan fingerprint density at radius 2 is 2.11 bits per heavy atom. The zero-order valence-corrected chi connectivity index (χ0v) is 10.3. The molecule has 1 heterocycles. The Morgan fingerprint density at radius 1 is 1.50 bits per heavy atom. The van der Waals surface area contributed by atoms with Gasteiger partial charge in [0.15, 0.2) is 5.03 Å². The van der Waals surface area contributed by atoms with Crippen LogP contribution >= 0.6 is 0 Å². The zero-order chi connectivity index (χ0) is 14.0. The lowest BCUT2D eigenvalue weighted by Gasteiger charge is -2.08. The van der Waals surface area contributed by atoms with Crippen LogP contribution in [0.4, 0.5) is 13.2 Å². The maximum Gasteiger partial charge on any atom is 0.411 e. The number of nitrogens with zero attached hydrogens (tertiary/aromatic N) is 2. The Kier molecular flexibility index (Phi) is 4.35. The Hall–Kier alpha value is -1.13. The van der Waals surface area contributed by atoms with Crippen LogP contribution in [-0.2, 0) is 21.3 Å². The number of hydrogen-bond acceptors (Lipinski definition) is 4. The first kappa shape index (κ1) is 14.9. The van der Waals surface area contributed by atoms with E-state index in [0.717, 1.165) is 6.20 Å². The molecule has 0 unspecified atom stereocenters. The minimum atomic E-state index is -4.38. The molecule has 0 aliphatic heterocycles. The van der Waals surface area contributed by atoms with E-state index in [1.165, 1.54) is 11.5 Å². The number of aryl methyl sites for hydroxylation is 1. The molecule has 0 saturated heterocycles. The standard InChI is InChI=1S/C8H12F3N3O3S/c1-6-13-7(18(12,15)16)4-14(6)2-3-17-5-8(9,10)11/h4H,2-3,5H2,1H3,(H2,12,15,16). The molecule has 1 aromatic heterocycles. The van der Waals surface area contributed by atoms with Crippen molar-refractivity contribution < 1.29 is 26.3 Å². The van der Waals surface area contributed by atoms with Crippen LogP contribution in [0.15, 0.2) is 11.2 Å². The molecule has 0 saturated carbocycles. The third kappa shape index (κ3) is 4.63. The smallest absolute Gasteiger partial charge is 0.370 e. The van der Waals surface area contributed by atoms with E-state index in [0.29, 0.717) is 5.82 Å². The molecule has 0 amide bonds. The molecule has 1 rings (SSSR count). The Labute approximate surface area is 102 Å². The number of halogens is 3. The first-order valence-electron chi connectivity index (χ1n) is 4.80. The van der Waals surface area contributed by atoms with Gasteiger partial charge in [-0.05, 0) is 6.92 Å². The average molecular weight is 287 g/mol. The Balaban J connectivity index is 2.56. The van der Waals surface area contributed by atoms with Gasteiger partial charge in [0.05, 0.1) is 6.61 Å². The third-order valence-corrected chi connectivity index (χ3v) is 2.77. The zero-order valence-electron chi connectivity index (χ0n) is 9.44. The van der Waals surface area contributed by atoms with Crippen molar-refractivity contribution in [3.8, 4) is 0 Å². The fourth-order valence-electron chi connectivity index (χ4n) is 1.19. The number of alkyl halides is 3. The van der Waals surface area contributed by atoms with Crippen molar-refractivity contribution >= 4 is 10.0 Å². The monoisotopic (exact) mass is 287 g/mol. The topological polar surface area (TPSA) is 87.2 Å². The highest BCUT2D eigenvalue weighted by Gasteiger charge is 2.27. The first-order valence-corrected chi connectivity index (χ1v) is 6.35. The number of nitrogens with two attached hydrogens (primary N) is 1. The van der Waals surface area contributed by atoms with Crippen molar-refractivity contribution in [2.24, 2.45) is 5.14 Å². The second-order valence-corrected chi connectivity index (χ2v) is 5.04. The van der Waals surface area contributed by atoms with Gasteiger partial charge in [0.1, 0.15) is 12.4 Å². The van der Waals surface area contributed by atoms with E-state index in [2.05, 4.69) is 9.72 Å². The van der Waals surface area contributed by atoms with Gasteiger partial charge in [-0.1, -0.05) is 0 Å². The summed E-state index contributed by atoms with van der Waals surface area (Å²) in [4.78, 5) is 3.68. The highest BCUT2D eigenvalue weighted by Crippen LogP contribution is 2.14. The van der Waals surface area contributed by atoms with Gasteiger partial charge in [-0.15, -0.1) is 0 Å². The summed E-state index contributed by atoms with van der Waals surface area (Å²) < 4.78 is 63.1. The minimum Gasteiger partial charge on any atom is -0.370 e. The van der Waals surface area contributed by atoms with Gasteiger partial charge in [-0.25, -0.2) is 18.5 Å². The van der Waals surface area contributed by atoms with Crippen molar-refractivity contribution in [3.63, 3.8) is 0 Å². The predicted molar refractivity (Wildman–Crippen MR) is 55.2 cm³/mol. The number of hydrogen-bond donors (Lipinski definition) is 1. The number of aromatic nitrogens is 2. The van der Waals surface area contributed by atoms with Gasteiger partial charge >= 0.3 is 6.18 Å². The first-order chi connectivity index (χ1) is 8.09. The molecule has 0 fully saturated rings. The van der Waals surface area contributed by atoms with Gasteiger partial charge in [0.2, 0.25) is 0 Å². The molecule has 0 aliphatic rings. The van der Waals surface area contributed by atoms with E-state index in [1.807, 2.05) is 0 Å². The third-order valence-electron chi connectivity index (χ3n) is 1.99. The van der Waals surface area contributed by atoms with Crippen LogP contribution in [-0.4, -0.2) is 37.4 Å². The molecule has 6 nitrogen and oxygen atoms in total. The van der Waals surface area contributed by atoms with E-state index >= 15 is 0 Å². The molecule has 104 valence electrons. The van der Waals surface area contributed by atoms with Gasteiger partial charge in [-0.3, -0.25) is 0 Å². The summed E-state index contributed by atoms with van der Waals surface area (Å²) >= 11 is 0. The minimum absolute atomic E-state index is 0.0600. The summed E-state index contributed by atoms with van der Waals surface area (Å²) in [7, 11) is -3.91. The number of rotatable bonds is 5. The van der Waals surface area contributed by atoms with Gasteiger partial charge < -0.3 is 9.30 Å². The number of imidazole rings is 1. The van der Waals surface area contributed by atoms with Gasteiger partial charge in [-0.2, -0.15) is 13.2 Å². The normalized spacial score (nSPS) is 12.9. The lowest BCUT2D eigenvalue weighted by Crippen LogP contribution is -2.19. The molecule has 0 aliphatic carbocycles. The summed E-state index contributed by atoms with van der Waals surface area (Å²) in [6.07, 6.45) is -3.22. The highest BCUT2D eigenvalue weighted by atomic mass is 32.2. The van der Waals surface area contributed by atoms with E-state index in [1.54, 1.807) is 0 Å². The van der Waals surface area contributed by atoms with Crippen molar-refractivity contribution in [2.75, 3.05) is 13.2 Å². The quantitative estimate of drug-likeness (QED) is 0.795. The predicted octanol–water partition coefficient (Wildman–Crippen LogP) is 0.418. The lowest BCUT2D eigenvalue weighted by atomic mass is 10.6. The average Bonchev–Trinajstić information content (AvgIpc) is 2.53. The Bertz CT molecular complexity index is 509. The fraction of sp³-hybridized carbons (Fsp3) is 0.625. The molecule has 18 heavy (non-hydrogen) atoms. The molecular weight excluding hydrogens is 275 g/mol. The molecular formula is C8H12F3N3O3S. The van der Waals surface area contributed by atoms with Crippen molar-refractivity contribution in [3.05, 3.63) is 12.0 Å². The molecule has 0 aromatic carbocycles. The largest absolute Gasteiger partial charge is 0.411 e. The molecule has 0 radical (unpaired) electrons. The van der Waals surface area contributed by atoms with Gasteiger partial charge in [0, 0.05) is 12.7 Å². The van der Waals surface area contributed by atoms with E-state index in [4.69, 9.17) is 5.14 Å². The van der Waals surface area contributed by atoms with Crippen LogP contribution in [0, 0.1) is 6.92 Å². The molecule has 0 spiro atoms. The second kappa shape index (κ2) is 5.24. The maximum atomic E-state index is 11.8. The van der Waals surface area contributed by atoms with Crippen LogP contribution in [0.1, 0.15) is 5.82 Å². The fourth-order valence-corrected chi connectivity index (χ4v) is 1.73. The van der Waals surface area contributed by atoms with E-state index < -0.39 is 22.8 Å². The van der Waals surface area contributed by atoms with Crippen molar-refractivity contribution in [1.29, 1.82) is 0 Å². The summed E-state index contributed by atoms with van der Waals surface area (Å²) in [6, 6.07) is 0. The molecule has 0 atom stereocenters. The summed E-state index contributed by atoms with van der Waals surface area (Å²) in [5.74, 6) is 0.328. The van der Waals surface area contributed by atoms with Crippen LogP contribution in [0.2, 0.25) is 0 Å². The summed E-state index contributed by atoms with van der Waals surface area (Å²) in [5.41, 5.74) is 0. The molecule has 2 N–H and O–H groups in total. The van der Waals surface area contributed by atoms with Crippen LogP contribution in [0.25, 0.3) is 0 Å².